The third kappa shape index (κ3) is 5.82. The lowest BCUT2D eigenvalue weighted by atomic mass is 9.59. The van der Waals surface area contributed by atoms with Gasteiger partial charge in [-0.25, -0.2) is 4.79 Å². The first kappa shape index (κ1) is 35.5. The second kappa shape index (κ2) is 13.6. The van der Waals surface area contributed by atoms with Crippen molar-refractivity contribution in [3.8, 4) is 0 Å². The van der Waals surface area contributed by atoms with Crippen LogP contribution in [0.2, 0.25) is 0 Å². The number of esters is 2. The monoisotopic (exact) mass is 650 g/mol. The summed E-state index contributed by atoms with van der Waals surface area (Å²) in [6.45, 7) is 9.32. The van der Waals surface area contributed by atoms with E-state index in [2.05, 4.69) is 6.92 Å². The molecule has 0 heterocycles. The van der Waals surface area contributed by atoms with Gasteiger partial charge in [-0.1, -0.05) is 109 Å². The number of Topliss-reactive ketones (excluding diaryl/α,β-unsaturated/α-hetero) is 1. The van der Waals surface area contributed by atoms with Crippen LogP contribution in [-0.2, 0) is 19.1 Å². The molecule has 2 unspecified atom stereocenters. The number of hydrogen-bond donors (Lipinski definition) is 3. The number of ketones is 1. The number of carbonyl (C=O) groups excluding carboxylic acids is 3. The predicted molar refractivity (Wildman–Crippen MR) is 178 cm³/mol. The van der Waals surface area contributed by atoms with Gasteiger partial charge < -0.3 is 24.8 Å². The minimum absolute atomic E-state index is 0.144. The Morgan fingerprint density at radius 2 is 1.55 bits per heavy atom. The van der Waals surface area contributed by atoms with Gasteiger partial charge in [0.1, 0.15) is 30.0 Å². The second-order valence-electron chi connectivity index (χ2n) is 15.2. The van der Waals surface area contributed by atoms with Crippen LogP contribution in [0.5, 0.6) is 0 Å². The highest BCUT2D eigenvalue weighted by Gasteiger charge is 2.83. The second-order valence-corrected chi connectivity index (χ2v) is 15.2. The summed E-state index contributed by atoms with van der Waals surface area (Å²) < 4.78 is 12.0. The maximum absolute atomic E-state index is 14.8. The molecule has 1 aromatic rings. The van der Waals surface area contributed by atoms with Crippen molar-refractivity contribution in [1.82, 2.24) is 0 Å². The molecule has 0 aromatic heterocycles. The molecule has 8 heteroatoms. The molecule has 0 radical (unpaired) electrons. The van der Waals surface area contributed by atoms with Crippen molar-refractivity contribution in [2.24, 2.45) is 28.6 Å². The van der Waals surface area contributed by atoms with E-state index in [4.69, 9.17) is 9.47 Å². The summed E-state index contributed by atoms with van der Waals surface area (Å²) in [6.07, 6.45) is 10.9. The lowest BCUT2D eigenvalue weighted by molar-refractivity contribution is -0.191. The summed E-state index contributed by atoms with van der Waals surface area (Å²) in [4.78, 5) is 41.1. The number of benzene rings is 1. The summed E-state index contributed by atoms with van der Waals surface area (Å²) in [7, 11) is 0. The van der Waals surface area contributed by atoms with E-state index in [9.17, 15) is 29.7 Å². The van der Waals surface area contributed by atoms with Crippen molar-refractivity contribution in [1.29, 1.82) is 0 Å². The number of rotatable bonds is 14. The fourth-order valence-corrected chi connectivity index (χ4v) is 9.36. The molecule has 3 N–H and O–H groups in total. The molecule has 2 bridgehead atoms. The van der Waals surface area contributed by atoms with Gasteiger partial charge in [0.25, 0.3) is 0 Å². The average Bonchev–Trinajstić information content (AvgIpc) is 3.46. The molecule has 0 amide bonds. The van der Waals surface area contributed by atoms with Crippen LogP contribution in [0.25, 0.3) is 0 Å². The molecule has 1 aromatic carbocycles. The van der Waals surface area contributed by atoms with Crippen molar-refractivity contribution < 1.29 is 39.2 Å². The molecule has 8 nitrogen and oxygen atoms in total. The van der Waals surface area contributed by atoms with Crippen molar-refractivity contribution in [3.05, 3.63) is 59.2 Å². The van der Waals surface area contributed by atoms with Crippen LogP contribution in [0, 0.1) is 28.6 Å². The Bertz CT molecular complexity index is 1400. The van der Waals surface area contributed by atoms with E-state index < -0.39 is 58.0 Å². The number of carbonyl (C=O) groups is 3. The molecule has 2 saturated carbocycles. The zero-order valence-corrected chi connectivity index (χ0v) is 28.8. The maximum atomic E-state index is 14.8. The molecule has 8 atom stereocenters. The summed E-state index contributed by atoms with van der Waals surface area (Å²) >= 11 is 0. The van der Waals surface area contributed by atoms with Gasteiger partial charge in [-0.05, 0) is 49.0 Å². The van der Waals surface area contributed by atoms with Crippen molar-refractivity contribution in [2.75, 3.05) is 6.61 Å². The first-order chi connectivity index (χ1) is 22.3. The minimum atomic E-state index is -2.30. The average molecular weight is 651 g/mol. The van der Waals surface area contributed by atoms with Crippen molar-refractivity contribution >= 4 is 17.7 Å². The van der Waals surface area contributed by atoms with E-state index in [0.29, 0.717) is 24.0 Å². The molecule has 4 aliphatic rings. The molecule has 0 aliphatic heterocycles. The number of allylic oxidation sites excluding steroid dienone is 1. The zero-order chi connectivity index (χ0) is 34.2. The van der Waals surface area contributed by atoms with Gasteiger partial charge in [-0.3, -0.25) is 9.59 Å². The highest BCUT2D eigenvalue weighted by molar-refractivity contribution is 5.96. The summed E-state index contributed by atoms with van der Waals surface area (Å²) in [6, 6.07) is 8.44. The molecular formula is C39H54O8. The van der Waals surface area contributed by atoms with Crippen LogP contribution in [0.4, 0.5) is 0 Å². The van der Waals surface area contributed by atoms with E-state index in [1.54, 1.807) is 49.4 Å². The van der Waals surface area contributed by atoms with Crippen LogP contribution < -0.4 is 0 Å². The predicted octanol–water partition coefficient (Wildman–Crippen LogP) is 6.27. The molecule has 47 heavy (non-hydrogen) atoms. The van der Waals surface area contributed by atoms with Gasteiger partial charge >= 0.3 is 11.9 Å². The van der Waals surface area contributed by atoms with Crippen LogP contribution >= 0.6 is 0 Å². The standard InChI is InChI=1S/C39H54O8/c1-6-7-8-9-10-11-12-13-17-20-30(40)47-38-23-26(3)37-22-25(2)32(41)39(37,45)33(42)28(21-29(34(37)43)31(38)36(38,4)5)24-46-35(44)27-18-15-14-16-19-27/h14-16,18-19,21-22,26,29,31-33,41-42,45H,6-13,17,20,23-24H2,1-5H3/t26?,29-,31+,32-,33+,37?,38-,39+/m0/s1. The molecule has 0 saturated heterocycles. The van der Waals surface area contributed by atoms with Gasteiger partial charge in [-0.15, -0.1) is 0 Å². The number of aliphatic hydroxyl groups excluding tert-OH is 2. The Kier molecular flexibility index (Phi) is 10.3. The van der Waals surface area contributed by atoms with Crippen molar-refractivity contribution in [3.63, 3.8) is 0 Å². The summed E-state index contributed by atoms with van der Waals surface area (Å²) in [5, 5.41) is 35.6. The van der Waals surface area contributed by atoms with Gasteiger partial charge in [0.2, 0.25) is 0 Å². The quantitative estimate of drug-likeness (QED) is 0.122. The van der Waals surface area contributed by atoms with Gasteiger partial charge in [0.15, 0.2) is 5.78 Å². The molecule has 1 spiro atoms. The van der Waals surface area contributed by atoms with E-state index in [1.807, 2.05) is 20.8 Å². The van der Waals surface area contributed by atoms with E-state index >= 15 is 0 Å². The first-order valence-electron chi connectivity index (χ1n) is 17.8. The SMILES string of the molecule is CCCCCCCCCCCC(=O)O[C@@]12CC(C)C34C=C(C)[C@H](O)[C@@]3(O)[C@H](O)C(COC(=O)c3ccccc3)=C[C@H](C4=O)[C@@H]1C2(C)C. The Labute approximate surface area is 279 Å². The highest BCUT2D eigenvalue weighted by atomic mass is 16.6. The fourth-order valence-electron chi connectivity index (χ4n) is 9.36. The van der Waals surface area contributed by atoms with Crippen molar-refractivity contribution in [2.45, 2.75) is 129 Å². The van der Waals surface area contributed by atoms with Gasteiger partial charge in [0.05, 0.1) is 11.0 Å². The molecular weight excluding hydrogens is 596 g/mol. The minimum Gasteiger partial charge on any atom is -0.458 e. The summed E-state index contributed by atoms with van der Waals surface area (Å²) in [5.41, 5.74) is -4.61. The lowest BCUT2D eigenvalue weighted by Gasteiger charge is -2.48. The maximum Gasteiger partial charge on any atom is 0.338 e. The van der Waals surface area contributed by atoms with Gasteiger partial charge in [0, 0.05) is 23.7 Å². The third-order valence-electron chi connectivity index (χ3n) is 12.0. The van der Waals surface area contributed by atoms with Crippen LogP contribution in [0.3, 0.4) is 0 Å². The normalized spacial score (nSPS) is 35.1. The smallest absolute Gasteiger partial charge is 0.338 e. The lowest BCUT2D eigenvalue weighted by Crippen LogP contribution is -2.65. The number of fused-ring (bicyclic) bond motifs is 3. The van der Waals surface area contributed by atoms with Gasteiger partial charge in [-0.2, -0.15) is 0 Å². The highest BCUT2D eigenvalue weighted by Crippen LogP contribution is 2.75. The van der Waals surface area contributed by atoms with Crippen LogP contribution in [-0.4, -0.2) is 63.1 Å². The fraction of sp³-hybridized carbons (Fsp3) is 0.667. The Balaban J connectivity index is 1.39. The van der Waals surface area contributed by atoms with E-state index in [-0.39, 0.29) is 23.9 Å². The largest absolute Gasteiger partial charge is 0.458 e. The zero-order valence-electron chi connectivity index (χ0n) is 28.8. The molecule has 5 rings (SSSR count). The molecule has 258 valence electrons. The van der Waals surface area contributed by atoms with E-state index in [1.165, 1.54) is 38.5 Å². The Hall–Kier alpha value is -2.81. The third-order valence-corrected chi connectivity index (χ3v) is 12.0. The Morgan fingerprint density at radius 1 is 0.936 bits per heavy atom. The number of hydrogen-bond acceptors (Lipinski definition) is 8. The van der Waals surface area contributed by atoms with Crippen LogP contribution in [0.1, 0.15) is 116 Å². The molecule has 2 fully saturated rings. The first-order valence-corrected chi connectivity index (χ1v) is 17.8. The molecule has 4 aliphatic carbocycles. The Morgan fingerprint density at radius 3 is 2.19 bits per heavy atom. The number of ether oxygens (including phenoxy) is 2. The van der Waals surface area contributed by atoms with E-state index in [0.717, 1.165) is 19.3 Å². The number of unbranched alkanes of at least 4 members (excludes halogenated alkanes) is 8. The topological polar surface area (TPSA) is 130 Å². The number of aliphatic hydroxyl groups is 3. The van der Waals surface area contributed by atoms with Crippen LogP contribution in [0.15, 0.2) is 53.6 Å². The summed E-state index contributed by atoms with van der Waals surface area (Å²) in [5.74, 6) is -3.08.